The number of hydrogen-bond acceptors (Lipinski definition) is 5. The molecule has 9 heteroatoms. The van der Waals surface area contributed by atoms with Crippen LogP contribution in [0.2, 0.25) is 10.0 Å². The van der Waals surface area contributed by atoms with Crippen molar-refractivity contribution in [2.24, 2.45) is 0 Å². The van der Waals surface area contributed by atoms with Gasteiger partial charge in [-0.3, -0.25) is 9.59 Å². The second kappa shape index (κ2) is 9.22. The highest BCUT2D eigenvalue weighted by atomic mass is 35.5. The third-order valence-corrected chi connectivity index (χ3v) is 3.20. The molecule has 23 heavy (non-hydrogen) atoms. The number of halogens is 2. The van der Waals surface area contributed by atoms with E-state index >= 15 is 0 Å². The highest BCUT2D eigenvalue weighted by Crippen LogP contribution is 2.27. The average molecular weight is 362 g/mol. The van der Waals surface area contributed by atoms with E-state index in [-0.39, 0.29) is 33.7 Å². The van der Waals surface area contributed by atoms with Crippen molar-refractivity contribution in [1.29, 1.82) is 0 Å². The predicted octanol–water partition coefficient (Wildman–Crippen LogP) is 1.37. The van der Waals surface area contributed by atoms with E-state index in [9.17, 15) is 14.4 Å². The number of carbonyl (C=O) groups is 3. The van der Waals surface area contributed by atoms with Gasteiger partial charge in [0.1, 0.15) is 0 Å². The van der Waals surface area contributed by atoms with Crippen LogP contribution in [0.3, 0.4) is 0 Å². The predicted molar refractivity (Wildman–Crippen MR) is 87.5 cm³/mol. The molecule has 0 heterocycles. The van der Waals surface area contributed by atoms with Crippen molar-refractivity contribution in [3.05, 3.63) is 27.7 Å². The van der Waals surface area contributed by atoms with Gasteiger partial charge in [0.05, 0.1) is 22.8 Å². The number of ether oxygens (including phenoxy) is 1. The first-order valence-electron chi connectivity index (χ1n) is 6.80. The number of benzene rings is 1. The van der Waals surface area contributed by atoms with Crippen LogP contribution in [-0.2, 0) is 14.3 Å². The lowest BCUT2D eigenvalue weighted by molar-refractivity contribution is -0.127. The third kappa shape index (κ3) is 6.33. The van der Waals surface area contributed by atoms with Crippen LogP contribution in [0.4, 0.5) is 5.69 Å². The molecule has 0 radical (unpaired) electrons. The number of nitrogen functional groups attached to an aromatic ring is 1. The van der Waals surface area contributed by atoms with Crippen molar-refractivity contribution in [1.82, 2.24) is 10.6 Å². The van der Waals surface area contributed by atoms with Crippen molar-refractivity contribution in [3.63, 3.8) is 0 Å². The molecule has 0 saturated carbocycles. The van der Waals surface area contributed by atoms with E-state index in [4.69, 9.17) is 33.7 Å². The molecule has 1 aromatic carbocycles. The Morgan fingerprint density at radius 2 is 1.87 bits per heavy atom. The van der Waals surface area contributed by atoms with Crippen molar-refractivity contribution in [3.8, 4) is 0 Å². The molecule has 0 unspecified atom stereocenters. The van der Waals surface area contributed by atoms with Crippen LogP contribution in [0.1, 0.15) is 23.7 Å². The molecule has 0 aliphatic heterocycles. The monoisotopic (exact) mass is 361 g/mol. The summed E-state index contributed by atoms with van der Waals surface area (Å²) in [6.45, 7) is 1.69. The molecular formula is C14H17Cl2N3O4. The molecular weight excluding hydrogens is 345 g/mol. The molecule has 0 fully saturated rings. The van der Waals surface area contributed by atoms with Gasteiger partial charge in [0.15, 0.2) is 6.61 Å². The van der Waals surface area contributed by atoms with Gasteiger partial charge >= 0.3 is 5.97 Å². The molecule has 0 aliphatic rings. The highest BCUT2D eigenvalue weighted by Gasteiger charge is 2.16. The molecule has 1 aromatic rings. The Hall–Kier alpha value is -1.99. The first kappa shape index (κ1) is 19.1. The van der Waals surface area contributed by atoms with Crippen molar-refractivity contribution >= 4 is 46.7 Å². The van der Waals surface area contributed by atoms with Gasteiger partial charge in [-0.1, -0.05) is 30.1 Å². The Balaban J connectivity index is 2.47. The largest absolute Gasteiger partial charge is 0.452 e. The van der Waals surface area contributed by atoms with Crippen LogP contribution < -0.4 is 16.4 Å². The van der Waals surface area contributed by atoms with Gasteiger partial charge in [0, 0.05) is 11.6 Å². The molecule has 126 valence electrons. The number of carbonyl (C=O) groups excluding carboxylic acids is 3. The zero-order valence-electron chi connectivity index (χ0n) is 12.4. The summed E-state index contributed by atoms with van der Waals surface area (Å²) in [5.41, 5.74) is 5.64. The van der Waals surface area contributed by atoms with Gasteiger partial charge < -0.3 is 21.1 Å². The number of hydrogen-bond donors (Lipinski definition) is 3. The first-order chi connectivity index (χ1) is 10.8. The van der Waals surface area contributed by atoms with Gasteiger partial charge in [-0.05, 0) is 18.6 Å². The molecule has 0 saturated heterocycles. The Morgan fingerprint density at radius 3 is 2.52 bits per heavy atom. The molecule has 4 N–H and O–H groups in total. The molecule has 7 nitrogen and oxygen atoms in total. The van der Waals surface area contributed by atoms with E-state index in [1.807, 2.05) is 6.92 Å². The summed E-state index contributed by atoms with van der Waals surface area (Å²) in [4.78, 5) is 34.7. The Labute approximate surface area is 143 Å². The summed E-state index contributed by atoms with van der Waals surface area (Å²) >= 11 is 11.6. The minimum atomic E-state index is -0.836. The van der Waals surface area contributed by atoms with E-state index < -0.39 is 18.5 Å². The van der Waals surface area contributed by atoms with Crippen LogP contribution in [0.15, 0.2) is 12.1 Å². The SMILES string of the molecule is CCCNC(=O)CNC(=O)COC(=O)c1cc(Cl)cc(Cl)c1N. The summed E-state index contributed by atoms with van der Waals surface area (Å²) in [6.07, 6.45) is 0.793. The quantitative estimate of drug-likeness (QED) is 0.501. The molecule has 2 amide bonds. The number of rotatable bonds is 7. The van der Waals surface area contributed by atoms with Gasteiger partial charge in [-0.25, -0.2) is 4.79 Å². The fraction of sp³-hybridized carbons (Fsp3) is 0.357. The van der Waals surface area contributed by atoms with Crippen LogP contribution in [0, 0.1) is 0 Å². The van der Waals surface area contributed by atoms with Gasteiger partial charge in [-0.15, -0.1) is 0 Å². The normalized spacial score (nSPS) is 10.0. The molecule has 1 rings (SSSR count). The maximum atomic E-state index is 11.9. The van der Waals surface area contributed by atoms with Crippen molar-refractivity contribution < 1.29 is 19.1 Å². The van der Waals surface area contributed by atoms with Gasteiger partial charge in [0.2, 0.25) is 5.91 Å². The number of nitrogens with two attached hydrogens (primary N) is 1. The van der Waals surface area contributed by atoms with Crippen molar-refractivity contribution in [2.45, 2.75) is 13.3 Å². The highest BCUT2D eigenvalue weighted by molar-refractivity contribution is 6.37. The standard InChI is InChI=1S/C14H17Cl2N3O4/c1-2-3-18-11(20)6-19-12(21)7-23-14(22)9-4-8(15)5-10(16)13(9)17/h4-5H,2-3,6-7,17H2,1H3,(H,18,20)(H,19,21). The summed E-state index contributed by atoms with van der Waals surface area (Å²) in [5.74, 6) is -1.77. The van der Waals surface area contributed by atoms with E-state index in [0.29, 0.717) is 6.54 Å². The molecule has 0 atom stereocenters. The Bertz CT molecular complexity index is 608. The lowest BCUT2D eigenvalue weighted by atomic mass is 10.2. The lowest BCUT2D eigenvalue weighted by Crippen LogP contribution is -2.38. The van der Waals surface area contributed by atoms with Crippen molar-refractivity contribution in [2.75, 3.05) is 25.4 Å². The molecule has 0 spiro atoms. The topological polar surface area (TPSA) is 111 Å². The van der Waals surface area contributed by atoms with Crippen LogP contribution >= 0.6 is 23.2 Å². The fourth-order valence-corrected chi connectivity index (χ4v) is 2.01. The Morgan fingerprint density at radius 1 is 1.17 bits per heavy atom. The number of esters is 1. The van der Waals surface area contributed by atoms with Crippen LogP contribution in [-0.4, -0.2) is 37.5 Å². The lowest BCUT2D eigenvalue weighted by Gasteiger charge is -2.09. The van der Waals surface area contributed by atoms with E-state index in [0.717, 1.165) is 6.42 Å². The molecule has 0 aliphatic carbocycles. The van der Waals surface area contributed by atoms with E-state index in [1.165, 1.54) is 12.1 Å². The van der Waals surface area contributed by atoms with Crippen LogP contribution in [0.5, 0.6) is 0 Å². The summed E-state index contributed by atoms with van der Waals surface area (Å²) in [6, 6.07) is 2.68. The maximum Gasteiger partial charge on any atom is 0.340 e. The fourth-order valence-electron chi connectivity index (χ4n) is 1.52. The van der Waals surface area contributed by atoms with Gasteiger partial charge in [-0.2, -0.15) is 0 Å². The summed E-state index contributed by atoms with van der Waals surface area (Å²) in [7, 11) is 0. The zero-order chi connectivity index (χ0) is 17.4. The van der Waals surface area contributed by atoms with Gasteiger partial charge in [0.25, 0.3) is 5.91 Å². The Kier molecular flexibility index (Phi) is 7.64. The zero-order valence-corrected chi connectivity index (χ0v) is 14.0. The maximum absolute atomic E-state index is 11.9. The minimum Gasteiger partial charge on any atom is -0.452 e. The summed E-state index contributed by atoms with van der Waals surface area (Å²) in [5, 5.41) is 5.24. The molecule has 0 aromatic heterocycles. The first-order valence-corrected chi connectivity index (χ1v) is 7.55. The number of amides is 2. The van der Waals surface area contributed by atoms with E-state index in [2.05, 4.69) is 10.6 Å². The van der Waals surface area contributed by atoms with Crippen LogP contribution in [0.25, 0.3) is 0 Å². The second-order valence-electron chi connectivity index (χ2n) is 4.55. The average Bonchev–Trinajstić information content (AvgIpc) is 2.51. The summed E-state index contributed by atoms with van der Waals surface area (Å²) < 4.78 is 4.81. The number of nitrogens with one attached hydrogen (secondary N) is 2. The van der Waals surface area contributed by atoms with E-state index in [1.54, 1.807) is 0 Å². The molecule has 0 bridgehead atoms. The minimum absolute atomic E-state index is 0.0143. The second-order valence-corrected chi connectivity index (χ2v) is 5.40. The number of anilines is 1. The smallest absolute Gasteiger partial charge is 0.340 e. The third-order valence-electron chi connectivity index (χ3n) is 2.67.